The first-order valence-electron chi connectivity index (χ1n) is 9.47. The van der Waals surface area contributed by atoms with Gasteiger partial charge in [0.1, 0.15) is 5.60 Å². The largest absolute Gasteiger partial charge is 0.230 e. The third-order valence-electron chi connectivity index (χ3n) is 5.02. The minimum absolute atomic E-state index is 0.690. The molecule has 0 heterocycles. The van der Waals surface area contributed by atoms with Crippen LogP contribution in [0.25, 0.3) is 0 Å². The molecule has 0 bridgehead atoms. The highest BCUT2D eigenvalue weighted by atomic mass is 16.3. The van der Waals surface area contributed by atoms with Crippen molar-refractivity contribution in [2.24, 2.45) is 17.8 Å². The molecule has 21 heavy (non-hydrogen) atoms. The minimum atomic E-state index is -0.690. The summed E-state index contributed by atoms with van der Waals surface area (Å²) in [5.41, 5.74) is -0.690. The third-order valence-corrected chi connectivity index (χ3v) is 5.02. The van der Waals surface area contributed by atoms with Crippen LogP contribution < -0.4 is 0 Å². The summed E-state index contributed by atoms with van der Waals surface area (Å²) in [5.74, 6) is 2.54. The second-order valence-electron chi connectivity index (χ2n) is 8.16. The van der Waals surface area contributed by atoms with Crippen molar-refractivity contribution >= 4 is 0 Å². The minimum Gasteiger partial charge on any atom is -0.230 e. The molecule has 0 spiro atoms. The zero-order valence-electron chi connectivity index (χ0n) is 15.7. The molecule has 0 saturated carbocycles. The van der Waals surface area contributed by atoms with Crippen LogP contribution in [0.5, 0.6) is 0 Å². The maximum absolute atomic E-state index is 11.9. The van der Waals surface area contributed by atoms with Crippen molar-refractivity contribution in [1.29, 1.82) is 0 Å². The van der Waals surface area contributed by atoms with E-state index in [1.54, 1.807) is 0 Å². The van der Waals surface area contributed by atoms with Crippen molar-refractivity contribution in [3.05, 3.63) is 0 Å². The van der Waals surface area contributed by atoms with Gasteiger partial charge in [-0.1, -0.05) is 86.0 Å². The normalized spacial score (nSPS) is 17.7. The lowest BCUT2D eigenvalue weighted by atomic mass is 9.90. The van der Waals surface area contributed by atoms with Gasteiger partial charge in [-0.2, -0.15) is 0 Å². The Morgan fingerprint density at radius 3 is 1.62 bits per heavy atom. The second kappa shape index (κ2) is 11.5. The Balaban J connectivity index is 3.54. The lowest BCUT2D eigenvalue weighted by molar-refractivity contribution is -0.0257. The van der Waals surface area contributed by atoms with Crippen molar-refractivity contribution in [1.82, 2.24) is 0 Å². The van der Waals surface area contributed by atoms with E-state index in [-0.39, 0.29) is 0 Å². The standard InChI is InChI=1S/C20H41O/c1-7-20(6,21)16-10-15-19(5)14-9-13-18(4)12-8-11-17(2)3/h17-19H,7-16H2,1-6H3/t18-,19-,20?/m1/s1. The van der Waals surface area contributed by atoms with E-state index in [1.807, 2.05) is 13.8 Å². The van der Waals surface area contributed by atoms with E-state index < -0.39 is 5.60 Å². The zero-order valence-corrected chi connectivity index (χ0v) is 15.7. The van der Waals surface area contributed by atoms with Gasteiger partial charge in [0.2, 0.25) is 0 Å². The van der Waals surface area contributed by atoms with Crippen LogP contribution in [0.3, 0.4) is 0 Å². The van der Waals surface area contributed by atoms with Gasteiger partial charge in [0, 0.05) is 0 Å². The summed E-state index contributed by atoms with van der Waals surface area (Å²) in [6, 6.07) is 0. The van der Waals surface area contributed by atoms with Gasteiger partial charge in [-0.05, 0) is 37.5 Å². The molecule has 0 fully saturated rings. The maximum atomic E-state index is 11.9. The SMILES string of the molecule is CCC(C)([O])CCC[C@H](C)CCC[C@H](C)CCCC(C)C. The van der Waals surface area contributed by atoms with Crippen LogP contribution in [0, 0.1) is 17.8 Å². The molecule has 0 rings (SSSR count). The molecule has 0 aromatic carbocycles. The first kappa shape index (κ1) is 21.0. The van der Waals surface area contributed by atoms with Crippen LogP contribution in [0.4, 0.5) is 0 Å². The molecule has 0 amide bonds. The van der Waals surface area contributed by atoms with Crippen LogP contribution in [0.15, 0.2) is 0 Å². The number of hydrogen-bond donors (Lipinski definition) is 0. The van der Waals surface area contributed by atoms with Gasteiger partial charge in [-0.3, -0.25) is 0 Å². The molecule has 1 unspecified atom stereocenters. The topological polar surface area (TPSA) is 19.9 Å². The van der Waals surface area contributed by atoms with E-state index in [4.69, 9.17) is 0 Å². The van der Waals surface area contributed by atoms with Crippen LogP contribution in [-0.4, -0.2) is 5.60 Å². The Labute approximate surface area is 134 Å². The molecule has 0 saturated heterocycles. The molecule has 0 aliphatic carbocycles. The summed E-state index contributed by atoms with van der Waals surface area (Å²) < 4.78 is 0. The number of rotatable bonds is 13. The van der Waals surface area contributed by atoms with Crippen LogP contribution in [0.2, 0.25) is 0 Å². The Morgan fingerprint density at radius 1 is 0.762 bits per heavy atom. The molecule has 0 aromatic heterocycles. The van der Waals surface area contributed by atoms with E-state index in [0.29, 0.717) is 0 Å². The molecular weight excluding hydrogens is 256 g/mol. The lowest BCUT2D eigenvalue weighted by Crippen LogP contribution is -2.20. The summed E-state index contributed by atoms with van der Waals surface area (Å²) in [4.78, 5) is 0. The molecular formula is C20H41O. The van der Waals surface area contributed by atoms with E-state index in [9.17, 15) is 5.11 Å². The summed E-state index contributed by atoms with van der Waals surface area (Å²) in [6.45, 7) is 13.3. The van der Waals surface area contributed by atoms with Crippen LogP contribution in [0.1, 0.15) is 106 Å². The summed E-state index contributed by atoms with van der Waals surface area (Å²) in [6.07, 6.45) is 12.2. The van der Waals surface area contributed by atoms with E-state index in [0.717, 1.165) is 37.0 Å². The first-order valence-corrected chi connectivity index (χ1v) is 9.47. The van der Waals surface area contributed by atoms with Gasteiger partial charge in [-0.25, -0.2) is 5.11 Å². The lowest BCUT2D eigenvalue weighted by Gasteiger charge is -2.19. The van der Waals surface area contributed by atoms with Crippen LogP contribution >= 0.6 is 0 Å². The molecule has 1 radical (unpaired) electrons. The molecule has 127 valence electrons. The summed E-state index contributed by atoms with van der Waals surface area (Å²) >= 11 is 0. The third kappa shape index (κ3) is 13.4. The fraction of sp³-hybridized carbons (Fsp3) is 1.00. The second-order valence-corrected chi connectivity index (χ2v) is 8.16. The fourth-order valence-corrected chi connectivity index (χ4v) is 2.98. The van der Waals surface area contributed by atoms with Crippen LogP contribution in [-0.2, 0) is 5.11 Å². The molecule has 0 N–H and O–H groups in total. The Hall–Kier alpha value is -0.0400. The molecule has 0 aliphatic heterocycles. The van der Waals surface area contributed by atoms with Gasteiger partial charge in [0.15, 0.2) is 0 Å². The average Bonchev–Trinajstić information content (AvgIpc) is 2.38. The van der Waals surface area contributed by atoms with Crippen molar-refractivity contribution in [2.75, 3.05) is 0 Å². The zero-order chi connectivity index (χ0) is 16.3. The molecule has 1 nitrogen and oxygen atoms in total. The Morgan fingerprint density at radius 2 is 1.19 bits per heavy atom. The quantitative estimate of drug-likeness (QED) is 0.348. The van der Waals surface area contributed by atoms with Gasteiger partial charge in [-0.15, -0.1) is 0 Å². The number of hydrogen-bond acceptors (Lipinski definition) is 0. The van der Waals surface area contributed by atoms with Crippen molar-refractivity contribution in [3.8, 4) is 0 Å². The molecule has 3 atom stereocenters. The van der Waals surface area contributed by atoms with Gasteiger partial charge >= 0.3 is 0 Å². The Kier molecular flexibility index (Phi) is 11.5. The van der Waals surface area contributed by atoms with Gasteiger partial charge in [0.25, 0.3) is 0 Å². The van der Waals surface area contributed by atoms with E-state index in [2.05, 4.69) is 27.7 Å². The highest BCUT2D eigenvalue weighted by Gasteiger charge is 2.19. The fourth-order valence-electron chi connectivity index (χ4n) is 2.98. The first-order chi connectivity index (χ1) is 9.76. The highest BCUT2D eigenvalue weighted by molar-refractivity contribution is 4.70. The highest BCUT2D eigenvalue weighted by Crippen LogP contribution is 2.24. The predicted octanol–water partition coefficient (Wildman–Crippen LogP) is 7.02. The summed E-state index contributed by atoms with van der Waals surface area (Å²) in [7, 11) is 0. The van der Waals surface area contributed by atoms with Crippen molar-refractivity contribution in [2.45, 2.75) is 111 Å². The van der Waals surface area contributed by atoms with Crippen molar-refractivity contribution in [3.63, 3.8) is 0 Å². The maximum Gasteiger partial charge on any atom is 0.101 e. The average molecular weight is 298 g/mol. The molecule has 0 aliphatic rings. The predicted molar refractivity (Wildman–Crippen MR) is 94.1 cm³/mol. The smallest absolute Gasteiger partial charge is 0.101 e. The van der Waals surface area contributed by atoms with Gasteiger partial charge < -0.3 is 0 Å². The Bertz CT molecular complexity index is 232. The molecule has 0 aromatic rings. The summed E-state index contributed by atoms with van der Waals surface area (Å²) in [5, 5.41) is 11.9. The monoisotopic (exact) mass is 297 g/mol. The molecule has 1 heteroatoms. The van der Waals surface area contributed by atoms with Crippen molar-refractivity contribution < 1.29 is 5.11 Å². The van der Waals surface area contributed by atoms with E-state index in [1.165, 1.54) is 44.9 Å². The van der Waals surface area contributed by atoms with E-state index >= 15 is 0 Å². The van der Waals surface area contributed by atoms with Gasteiger partial charge in [0.05, 0.1) is 0 Å².